The van der Waals surface area contributed by atoms with Gasteiger partial charge in [-0.3, -0.25) is 9.88 Å². The second kappa shape index (κ2) is 6.08. The maximum Gasteiger partial charge on any atom is 0.0795 e. The summed E-state index contributed by atoms with van der Waals surface area (Å²) >= 11 is 0. The van der Waals surface area contributed by atoms with Crippen molar-refractivity contribution in [2.24, 2.45) is 5.41 Å². The van der Waals surface area contributed by atoms with Crippen molar-refractivity contribution >= 4 is 16.6 Å². The quantitative estimate of drug-likeness (QED) is 0.726. The number of rotatable bonds is 4. The standard InChI is InChI=1S/C25H29N5/c1-28-10-12-29(13-11-28)19-4-2-17(3-5-19)24-20-14-18(27-21(20)7-9-26-24)16-30-22-6-8-25(22)15-23(25)30/h2-5,7,9,14,22-23,27H,6,8,10-13,15-16H2,1H3. The van der Waals surface area contributed by atoms with Crippen LogP contribution in [-0.2, 0) is 6.54 Å². The van der Waals surface area contributed by atoms with E-state index >= 15 is 0 Å². The SMILES string of the molecule is CN1CCN(c2ccc(-c3nccc4[nH]c(CN5C6CCC67CC57)cc34)cc2)CC1. The Kier molecular flexibility index (Phi) is 3.51. The highest BCUT2D eigenvalue weighted by Crippen LogP contribution is 2.73. The van der Waals surface area contributed by atoms with Gasteiger partial charge in [-0.15, -0.1) is 0 Å². The van der Waals surface area contributed by atoms with Gasteiger partial charge in [-0.2, -0.15) is 0 Å². The highest BCUT2D eigenvalue weighted by molar-refractivity contribution is 5.93. The van der Waals surface area contributed by atoms with Crippen LogP contribution in [0.3, 0.4) is 0 Å². The van der Waals surface area contributed by atoms with Crippen LogP contribution in [0.2, 0.25) is 0 Å². The van der Waals surface area contributed by atoms with E-state index in [4.69, 9.17) is 4.98 Å². The number of hydrogen-bond donors (Lipinski definition) is 1. The summed E-state index contributed by atoms with van der Waals surface area (Å²) in [5, 5.41) is 1.25. The summed E-state index contributed by atoms with van der Waals surface area (Å²) in [5.41, 5.74) is 6.92. The van der Waals surface area contributed by atoms with Crippen LogP contribution < -0.4 is 4.90 Å². The summed E-state index contributed by atoms with van der Waals surface area (Å²) in [7, 11) is 2.20. The molecule has 4 fully saturated rings. The molecular weight excluding hydrogens is 370 g/mol. The number of nitrogens with one attached hydrogen (secondary N) is 1. The zero-order chi connectivity index (χ0) is 19.9. The zero-order valence-electron chi connectivity index (χ0n) is 17.6. The van der Waals surface area contributed by atoms with Crippen LogP contribution in [0.4, 0.5) is 5.69 Å². The number of hydrogen-bond acceptors (Lipinski definition) is 4. The van der Waals surface area contributed by atoms with Crippen molar-refractivity contribution in [2.45, 2.75) is 37.9 Å². The molecule has 4 heterocycles. The molecule has 4 aliphatic rings. The first-order valence-corrected chi connectivity index (χ1v) is 11.5. The molecule has 2 saturated carbocycles. The minimum Gasteiger partial charge on any atom is -0.369 e. The van der Waals surface area contributed by atoms with Gasteiger partial charge in [-0.1, -0.05) is 12.1 Å². The molecule has 0 bridgehead atoms. The molecule has 2 saturated heterocycles. The largest absolute Gasteiger partial charge is 0.369 e. The van der Waals surface area contributed by atoms with Crippen molar-refractivity contribution < 1.29 is 0 Å². The fourth-order valence-corrected chi connectivity index (χ4v) is 6.39. The monoisotopic (exact) mass is 399 g/mol. The number of piperidine rings is 1. The number of likely N-dealkylation sites (tertiary alicyclic amines) is 1. The number of anilines is 1. The molecule has 30 heavy (non-hydrogen) atoms. The molecular formula is C25H29N5. The first kappa shape index (κ1) is 17.3. The zero-order valence-corrected chi connectivity index (χ0v) is 17.6. The normalized spacial score (nSPS) is 30.5. The Morgan fingerprint density at radius 2 is 1.90 bits per heavy atom. The van der Waals surface area contributed by atoms with Gasteiger partial charge in [0.05, 0.1) is 5.69 Å². The van der Waals surface area contributed by atoms with Crippen LogP contribution in [0.5, 0.6) is 0 Å². The average molecular weight is 400 g/mol. The third kappa shape index (κ3) is 2.39. The van der Waals surface area contributed by atoms with Gasteiger partial charge in [0, 0.05) is 84.3 Å². The van der Waals surface area contributed by atoms with Gasteiger partial charge in [-0.25, -0.2) is 0 Å². The van der Waals surface area contributed by atoms with Crippen molar-refractivity contribution in [3.8, 4) is 11.3 Å². The van der Waals surface area contributed by atoms with E-state index in [1.165, 1.54) is 47.1 Å². The molecule has 5 nitrogen and oxygen atoms in total. The number of pyridine rings is 1. The first-order valence-electron chi connectivity index (χ1n) is 11.5. The minimum atomic E-state index is 0.768. The molecule has 0 radical (unpaired) electrons. The van der Waals surface area contributed by atoms with E-state index in [0.29, 0.717) is 0 Å². The number of aromatic nitrogens is 2. The average Bonchev–Trinajstić information content (AvgIpc) is 3.37. The number of fused-ring (bicyclic) bond motifs is 1. The van der Waals surface area contributed by atoms with Gasteiger partial charge >= 0.3 is 0 Å². The third-order valence-corrected chi connectivity index (χ3v) is 8.39. The number of piperazine rings is 1. The molecule has 2 aromatic heterocycles. The molecule has 154 valence electrons. The lowest BCUT2D eigenvalue weighted by molar-refractivity contribution is -0.0711. The predicted molar refractivity (Wildman–Crippen MR) is 121 cm³/mol. The number of likely N-dealkylation sites (N-methyl/N-ethyl adjacent to an activating group) is 1. The van der Waals surface area contributed by atoms with Gasteiger partial charge in [0.15, 0.2) is 0 Å². The molecule has 7 rings (SSSR count). The van der Waals surface area contributed by atoms with Crippen molar-refractivity contribution in [1.29, 1.82) is 0 Å². The fraction of sp³-hybridized carbons (Fsp3) is 0.480. The number of aromatic amines is 1. The van der Waals surface area contributed by atoms with Crippen LogP contribution in [0, 0.1) is 5.41 Å². The lowest BCUT2D eigenvalue weighted by Gasteiger charge is -2.55. The van der Waals surface area contributed by atoms with Crippen LogP contribution in [0.15, 0.2) is 42.6 Å². The lowest BCUT2D eigenvalue weighted by Crippen LogP contribution is -2.61. The second-order valence-electron chi connectivity index (χ2n) is 9.93. The lowest BCUT2D eigenvalue weighted by atomic mass is 9.69. The summed E-state index contributed by atoms with van der Waals surface area (Å²) in [5.74, 6) is 0. The molecule has 1 spiro atoms. The summed E-state index contributed by atoms with van der Waals surface area (Å²) in [6.45, 7) is 5.53. The van der Waals surface area contributed by atoms with Crippen molar-refractivity contribution in [3.63, 3.8) is 0 Å². The molecule has 3 atom stereocenters. The molecule has 5 heteroatoms. The van der Waals surface area contributed by atoms with E-state index in [0.717, 1.165) is 55.9 Å². The maximum absolute atomic E-state index is 4.76. The highest BCUT2D eigenvalue weighted by Gasteiger charge is 2.76. The molecule has 3 aromatic rings. The highest BCUT2D eigenvalue weighted by atomic mass is 15.4. The van der Waals surface area contributed by atoms with Gasteiger partial charge in [0.1, 0.15) is 0 Å². The van der Waals surface area contributed by atoms with E-state index < -0.39 is 0 Å². The first-order chi connectivity index (χ1) is 14.7. The molecule has 0 amide bonds. The third-order valence-electron chi connectivity index (χ3n) is 8.39. The summed E-state index contributed by atoms with van der Waals surface area (Å²) in [6, 6.07) is 15.2. The molecule has 1 aromatic carbocycles. The summed E-state index contributed by atoms with van der Waals surface area (Å²) in [4.78, 5) is 16.0. The molecule has 2 aliphatic carbocycles. The molecule has 2 aliphatic heterocycles. The Bertz CT molecular complexity index is 1110. The van der Waals surface area contributed by atoms with Crippen molar-refractivity contribution in [1.82, 2.24) is 19.8 Å². The topological polar surface area (TPSA) is 38.4 Å². The predicted octanol–water partition coefficient (Wildman–Crippen LogP) is 3.72. The Labute approximate surface area is 177 Å². The number of nitrogens with zero attached hydrogens (tertiary/aromatic N) is 4. The van der Waals surface area contributed by atoms with Crippen LogP contribution in [-0.4, -0.2) is 65.1 Å². The fourth-order valence-electron chi connectivity index (χ4n) is 6.39. The van der Waals surface area contributed by atoms with E-state index in [1.807, 2.05) is 6.20 Å². The van der Waals surface area contributed by atoms with Gasteiger partial charge < -0.3 is 14.8 Å². The maximum atomic E-state index is 4.76. The molecule has 3 unspecified atom stereocenters. The number of H-pyrrole nitrogens is 1. The minimum absolute atomic E-state index is 0.768. The van der Waals surface area contributed by atoms with E-state index in [2.05, 4.69) is 63.1 Å². The number of benzene rings is 1. The van der Waals surface area contributed by atoms with Gasteiger partial charge in [0.2, 0.25) is 0 Å². The Balaban J connectivity index is 1.15. The second-order valence-corrected chi connectivity index (χ2v) is 9.93. The van der Waals surface area contributed by atoms with Crippen molar-refractivity contribution in [2.75, 3.05) is 38.1 Å². The van der Waals surface area contributed by atoms with Crippen LogP contribution in [0.1, 0.15) is 25.0 Å². The Morgan fingerprint density at radius 1 is 1.07 bits per heavy atom. The van der Waals surface area contributed by atoms with Crippen LogP contribution in [0.25, 0.3) is 22.2 Å². The van der Waals surface area contributed by atoms with E-state index in [1.54, 1.807) is 0 Å². The Hall–Kier alpha value is -2.37. The smallest absolute Gasteiger partial charge is 0.0795 e. The molecule has 1 N–H and O–H groups in total. The van der Waals surface area contributed by atoms with Crippen molar-refractivity contribution in [3.05, 3.63) is 48.3 Å². The van der Waals surface area contributed by atoms with Gasteiger partial charge in [0.25, 0.3) is 0 Å². The van der Waals surface area contributed by atoms with Crippen LogP contribution >= 0.6 is 0 Å². The Morgan fingerprint density at radius 3 is 2.60 bits per heavy atom. The van der Waals surface area contributed by atoms with E-state index in [9.17, 15) is 0 Å². The summed E-state index contributed by atoms with van der Waals surface area (Å²) < 4.78 is 0. The summed E-state index contributed by atoms with van der Waals surface area (Å²) in [6.07, 6.45) is 6.27. The van der Waals surface area contributed by atoms with Gasteiger partial charge in [-0.05, 0) is 50.6 Å². The van der Waals surface area contributed by atoms with E-state index in [-0.39, 0.29) is 0 Å².